The van der Waals surface area contributed by atoms with Crippen LogP contribution < -0.4 is 0 Å². The Bertz CT molecular complexity index is 71.2. The predicted octanol–water partition coefficient (Wildman–Crippen LogP) is 0.724. The van der Waals surface area contributed by atoms with E-state index in [0.717, 1.165) is 0 Å². The lowest BCUT2D eigenvalue weighted by molar-refractivity contribution is -0.136. The Morgan fingerprint density at radius 2 is 2.50 bits per heavy atom. The van der Waals surface area contributed by atoms with E-state index in [1.165, 1.54) is 12.1 Å². The highest BCUT2D eigenvalue weighted by atomic mass is 31.2. The summed E-state index contributed by atoms with van der Waals surface area (Å²) in [4.78, 5) is 12.5. The predicted molar refractivity (Wildman–Crippen MR) is 20.4 cm³/mol. The van der Waals surface area contributed by atoms with Gasteiger partial charge in [-0.2, -0.15) is 0 Å². The molecule has 0 spiro atoms. The second-order valence-electron chi connectivity index (χ2n) is 0.758. The van der Waals surface area contributed by atoms with Gasteiger partial charge in [0, 0.05) is 5.82 Å². The quantitative estimate of drug-likeness (QED) is 0.365. The largest absolute Gasteiger partial charge is 0.344 e. The summed E-state index contributed by atoms with van der Waals surface area (Å²) in [5.74, 6) is 1.45. The number of hydrogen-bond donors (Lipinski definition) is 1. The molecule has 0 bridgehead atoms. The molecule has 0 aliphatic carbocycles. The fraction of sp³-hybridized carbons (Fsp3) is 0. The molecule has 34 valence electrons. The van der Waals surface area contributed by atoms with Crippen molar-refractivity contribution in [2.24, 2.45) is 0 Å². The maximum atomic E-state index is 8.36. The van der Waals surface area contributed by atoms with E-state index in [2.05, 4.69) is 9.56 Å². The third kappa shape index (κ3) is 0.684. The zero-order valence-corrected chi connectivity index (χ0v) is 3.76. The van der Waals surface area contributed by atoms with E-state index in [1.54, 1.807) is 0 Å². The van der Waals surface area contributed by atoms with Crippen LogP contribution in [0.2, 0.25) is 0 Å². The minimum atomic E-state index is -1.37. The number of rotatable bonds is 0. The fourth-order valence-electron chi connectivity index (χ4n) is 0.171. The van der Waals surface area contributed by atoms with Gasteiger partial charge in [-0.05, 0) is 0 Å². The summed E-state index contributed by atoms with van der Waals surface area (Å²) in [5.41, 5.74) is 0. The molecule has 0 saturated heterocycles. The molecular formula is C2H3O3P. The van der Waals surface area contributed by atoms with Gasteiger partial charge < -0.3 is 9.78 Å². The molecule has 0 amide bonds. The van der Waals surface area contributed by atoms with E-state index in [1.807, 2.05) is 0 Å². The first-order valence-corrected chi connectivity index (χ1v) is 2.66. The van der Waals surface area contributed by atoms with Crippen LogP contribution in [0.25, 0.3) is 0 Å². The van der Waals surface area contributed by atoms with Crippen LogP contribution in [-0.2, 0) is 9.56 Å². The standard InChI is InChI=1S/C2H3O3P/c3-6-2-1-4-5-6/h1-3H. The lowest BCUT2D eigenvalue weighted by Crippen LogP contribution is -1.65. The summed E-state index contributed by atoms with van der Waals surface area (Å²) in [6.45, 7) is 0. The molecule has 4 heteroatoms. The SMILES string of the molecule is OP1C=COO1. The molecule has 0 saturated carbocycles. The monoisotopic (exact) mass is 106 g/mol. The molecule has 0 aromatic rings. The summed E-state index contributed by atoms with van der Waals surface area (Å²) in [7, 11) is -1.37. The fourth-order valence-corrected chi connectivity index (χ4v) is 0.512. The van der Waals surface area contributed by atoms with Gasteiger partial charge in [-0.1, -0.05) is 0 Å². The van der Waals surface area contributed by atoms with Crippen molar-refractivity contribution in [3.05, 3.63) is 12.1 Å². The van der Waals surface area contributed by atoms with Crippen LogP contribution in [0.3, 0.4) is 0 Å². The highest BCUT2D eigenvalue weighted by Gasteiger charge is 2.04. The third-order valence-electron chi connectivity index (χ3n) is 0.363. The average Bonchev–Trinajstić information content (AvgIpc) is 1.86. The Balaban J connectivity index is 2.38. The maximum Gasteiger partial charge on any atom is 0.248 e. The minimum absolute atomic E-state index is 1.31. The van der Waals surface area contributed by atoms with Crippen molar-refractivity contribution in [2.75, 3.05) is 0 Å². The lowest BCUT2D eigenvalue weighted by atomic mass is 11.2. The third-order valence-corrected chi connectivity index (χ3v) is 0.979. The summed E-state index contributed by atoms with van der Waals surface area (Å²) < 4.78 is 4.16. The van der Waals surface area contributed by atoms with E-state index < -0.39 is 8.38 Å². The molecule has 0 radical (unpaired) electrons. The van der Waals surface area contributed by atoms with Gasteiger partial charge in [-0.25, -0.2) is 0 Å². The smallest absolute Gasteiger partial charge is 0.248 e. The van der Waals surface area contributed by atoms with Crippen LogP contribution >= 0.6 is 8.38 Å². The Morgan fingerprint density at radius 3 is 2.67 bits per heavy atom. The van der Waals surface area contributed by atoms with Gasteiger partial charge in [0.1, 0.15) is 6.26 Å². The first kappa shape index (κ1) is 4.06. The molecule has 1 N–H and O–H groups in total. The Labute approximate surface area is 36.0 Å². The van der Waals surface area contributed by atoms with E-state index in [4.69, 9.17) is 4.89 Å². The van der Waals surface area contributed by atoms with Gasteiger partial charge in [-0.3, -0.25) is 0 Å². The summed E-state index contributed by atoms with van der Waals surface area (Å²) in [5, 5.41) is 0. The van der Waals surface area contributed by atoms with Gasteiger partial charge in [0.05, 0.1) is 0 Å². The topological polar surface area (TPSA) is 38.7 Å². The van der Waals surface area contributed by atoms with Crippen molar-refractivity contribution in [1.29, 1.82) is 0 Å². The molecule has 1 rings (SSSR count). The van der Waals surface area contributed by atoms with Gasteiger partial charge in [-0.15, -0.1) is 4.67 Å². The van der Waals surface area contributed by atoms with E-state index >= 15 is 0 Å². The van der Waals surface area contributed by atoms with Crippen molar-refractivity contribution in [3.8, 4) is 0 Å². The average molecular weight is 106 g/mol. The van der Waals surface area contributed by atoms with Crippen LogP contribution in [-0.4, -0.2) is 4.89 Å². The first-order valence-electron chi connectivity index (χ1n) is 1.38. The molecular weight excluding hydrogens is 103 g/mol. The van der Waals surface area contributed by atoms with Crippen molar-refractivity contribution >= 4 is 8.38 Å². The molecule has 1 aliphatic rings. The molecule has 0 aromatic carbocycles. The van der Waals surface area contributed by atoms with Gasteiger partial charge in [0.25, 0.3) is 0 Å². The minimum Gasteiger partial charge on any atom is -0.344 e. The van der Waals surface area contributed by atoms with E-state index in [9.17, 15) is 0 Å². The Kier molecular flexibility index (Phi) is 1.05. The van der Waals surface area contributed by atoms with Gasteiger partial charge in [0.15, 0.2) is 0 Å². The highest BCUT2D eigenvalue weighted by Crippen LogP contribution is 2.37. The first-order chi connectivity index (χ1) is 2.89. The second kappa shape index (κ2) is 1.56. The Hall–Kier alpha value is -0.110. The molecule has 0 aromatic heterocycles. The molecule has 1 aliphatic heterocycles. The zero-order chi connectivity index (χ0) is 4.41. The Morgan fingerprint density at radius 1 is 1.67 bits per heavy atom. The molecule has 0 fully saturated rings. The molecule has 1 unspecified atom stereocenters. The van der Waals surface area contributed by atoms with Crippen LogP contribution in [0.4, 0.5) is 0 Å². The number of hydrogen-bond acceptors (Lipinski definition) is 3. The van der Waals surface area contributed by atoms with Crippen molar-refractivity contribution in [3.63, 3.8) is 0 Å². The van der Waals surface area contributed by atoms with Gasteiger partial charge >= 0.3 is 0 Å². The molecule has 1 heterocycles. The zero-order valence-electron chi connectivity index (χ0n) is 2.87. The normalized spacial score (nSPS) is 30.5. The molecule has 1 atom stereocenters. The van der Waals surface area contributed by atoms with Gasteiger partial charge in [0.2, 0.25) is 8.38 Å². The van der Waals surface area contributed by atoms with Crippen LogP contribution in [0, 0.1) is 0 Å². The van der Waals surface area contributed by atoms with E-state index in [-0.39, 0.29) is 0 Å². The maximum absolute atomic E-state index is 8.36. The highest BCUT2D eigenvalue weighted by molar-refractivity contribution is 7.49. The van der Waals surface area contributed by atoms with Crippen molar-refractivity contribution < 1.29 is 14.5 Å². The second-order valence-corrected chi connectivity index (χ2v) is 1.81. The van der Waals surface area contributed by atoms with Crippen LogP contribution in [0.15, 0.2) is 12.1 Å². The molecule has 6 heavy (non-hydrogen) atoms. The molecule has 3 nitrogen and oxygen atoms in total. The van der Waals surface area contributed by atoms with Crippen LogP contribution in [0.1, 0.15) is 0 Å². The summed E-state index contributed by atoms with van der Waals surface area (Å²) in [6, 6.07) is 0. The summed E-state index contributed by atoms with van der Waals surface area (Å²) in [6.07, 6.45) is 1.31. The lowest BCUT2D eigenvalue weighted by Gasteiger charge is -1.89. The van der Waals surface area contributed by atoms with Crippen molar-refractivity contribution in [2.45, 2.75) is 0 Å². The van der Waals surface area contributed by atoms with Crippen LogP contribution in [0.5, 0.6) is 0 Å². The van der Waals surface area contributed by atoms with Crippen molar-refractivity contribution in [1.82, 2.24) is 0 Å². The summed E-state index contributed by atoms with van der Waals surface area (Å²) >= 11 is 0. The van der Waals surface area contributed by atoms with E-state index in [0.29, 0.717) is 0 Å².